The molecule has 2 aromatic heterocycles. The molecule has 3 rings (SSSR count). The zero-order valence-electron chi connectivity index (χ0n) is 12.6. The Labute approximate surface area is 127 Å². The van der Waals surface area contributed by atoms with Gasteiger partial charge in [-0.25, -0.2) is 0 Å². The zero-order valence-corrected chi connectivity index (χ0v) is 12.6. The van der Waals surface area contributed by atoms with Crippen LogP contribution in [0.1, 0.15) is 16.1 Å². The fraction of sp³-hybridized carbons (Fsp3) is 0.200. The quantitative estimate of drug-likeness (QED) is 0.799. The van der Waals surface area contributed by atoms with Gasteiger partial charge in [-0.15, -0.1) is 10.2 Å². The van der Waals surface area contributed by atoms with Crippen molar-refractivity contribution in [2.45, 2.75) is 6.92 Å². The smallest absolute Gasteiger partial charge is 0.259 e. The largest absolute Gasteiger partial charge is 0.322 e. The Morgan fingerprint density at radius 3 is 2.73 bits per heavy atom. The number of carbonyl (C=O) groups excluding carboxylic acids is 1. The standard InChI is InChI=1S/C15H16N6O/c1-10-13(8-17-21(10)3)15(22)18-12-6-4-5-11(7-12)14-19-16-9-20(14)2/h4-9H,1-3H3,(H,18,22). The Morgan fingerprint density at radius 1 is 1.27 bits per heavy atom. The average Bonchev–Trinajstić information content (AvgIpc) is 3.06. The monoisotopic (exact) mass is 296 g/mol. The number of hydrogen-bond donors (Lipinski definition) is 1. The fourth-order valence-corrected chi connectivity index (χ4v) is 2.20. The maximum atomic E-state index is 12.3. The molecule has 0 spiro atoms. The second-order valence-corrected chi connectivity index (χ2v) is 5.07. The lowest BCUT2D eigenvalue weighted by Crippen LogP contribution is -2.13. The molecule has 112 valence electrons. The van der Waals surface area contributed by atoms with Crippen LogP contribution in [-0.2, 0) is 14.1 Å². The van der Waals surface area contributed by atoms with Gasteiger partial charge in [0.05, 0.1) is 11.8 Å². The number of rotatable bonds is 3. The van der Waals surface area contributed by atoms with Crippen molar-refractivity contribution in [1.82, 2.24) is 24.5 Å². The minimum absolute atomic E-state index is 0.180. The van der Waals surface area contributed by atoms with Crippen LogP contribution in [0.2, 0.25) is 0 Å². The van der Waals surface area contributed by atoms with Gasteiger partial charge in [-0.3, -0.25) is 9.48 Å². The average molecular weight is 296 g/mol. The summed E-state index contributed by atoms with van der Waals surface area (Å²) >= 11 is 0. The number of nitrogens with one attached hydrogen (secondary N) is 1. The lowest BCUT2D eigenvalue weighted by atomic mass is 10.1. The van der Waals surface area contributed by atoms with Crippen molar-refractivity contribution in [2.24, 2.45) is 14.1 Å². The van der Waals surface area contributed by atoms with Crippen LogP contribution in [-0.4, -0.2) is 30.5 Å². The fourth-order valence-electron chi connectivity index (χ4n) is 2.20. The van der Waals surface area contributed by atoms with Crippen molar-refractivity contribution in [3.8, 4) is 11.4 Å². The minimum atomic E-state index is -0.180. The summed E-state index contributed by atoms with van der Waals surface area (Å²) in [5.41, 5.74) is 2.97. The van der Waals surface area contributed by atoms with E-state index in [0.29, 0.717) is 11.3 Å². The Bertz CT molecular complexity index is 832. The Morgan fingerprint density at radius 2 is 2.09 bits per heavy atom. The summed E-state index contributed by atoms with van der Waals surface area (Å²) in [6.45, 7) is 1.86. The highest BCUT2D eigenvalue weighted by Gasteiger charge is 2.13. The molecule has 0 aliphatic carbocycles. The summed E-state index contributed by atoms with van der Waals surface area (Å²) in [5, 5.41) is 14.9. The lowest BCUT2D eigenvalue weighted by Gasteiger charge is -2.07. The normalized spacial score (nSPS) is 10.7. The molecule has 0 aliphatic rings. The minimum Gasteiger partial charge on any atom is -0.322 e. The van der Waals surface area contributed by atoms with E-state index in [1.165, 1.54) is 0 Å². The third kappa shape index (κ3) is 2.48. The first-order valence-corrected chi connectivity index (χ1v) is 6.80. The van der Waals surface area contributed by atoms with Crippen LogP contribution in [0.15, 0.2) is 36.8 Å². The van der Waals surface area contributed by atoms with Crippen molar-refractivity contribution < 1.29 is 4.79 Å². The highest BCUT2D eigenvalue weighted by atomic mass is 16.1. The molecule has 0 saturated carbocycles. The highest BCUT2D eigenvalue weighted by Crippen LogP contribution is 2.20. The molecular formula is C15H16N6O. The van der Waals surface area contributed by atoms with Gasteiger partial charge < -0.3 is 9.88 Å². The number of benzene rings is 1. The van der Waals surface area contributed by atoms with E-state index in [2.05, 4.69) is 20.6 Å². The molecule has 0 radical (unpaired) electrons. The van der Waals surface area contributed by atoms with E-state index in [4.69, 9.17) is 0 Å². The molecule has 0 fully saturated rings. The van der Waals surface area contributed by atoms with Gasteiger partial charge in [0.15, 0.2) is 5.82 Å². The number of aryl methyl sites for hydroxylation is 2. The van der Waals surface area contributed by atoms with Gasteiger partial charge in [0.2, 0.25) is 0 Å². The molecule has 22 heavy (non-hydrogen) atoms. The van der Waals surface area contributed by atoms with Crippen molar-refractivity contribution in [2.75, 3.05) is 5.32 Å². The Hall–Kier alpha value is -2.96. The van der Waals surface area contributed by atoms with Crippen molar-refractivity contribution in [3.63, 3.8) is 0 Å². The van der Waals surface area contributed by atoms with E-state index in [-0.39, 0.29) is 5.91 Å². The molecule has 0 aliphatic heterocycles. The van der Waals surface area contributed by atoms with E-state index in [0.717, 1.165) is 17.1 Å². The first-order chi connectivity index (χ1) is 10.6. The summed E-state index contributed by atoms with van der Waals surface area (Å²) in [4.78, 5) is 12.3. The molecule has 7 nitrogen and oxygen atoms in total. The number of carbonyl (C=O) groups is 1. The predicted molar refractivity (Wildman–Crippen MR) is 82.3 cm³/mol. The van der Waals surface area contributed by atoms with E-state index in [9.17, 15) is 4.79 Å². The number of hydrogen-bond acceptors (Lipinski definition) is 4. The van der Waals surface area contributed by atoms with Crippen LogP contribution < -0.4 is 5.32 Å². The van der Waals surface area contributed by atoms with Crippen LogP contribution >= 0.6 is 0 Å². The van der Waals surface area contributed by atoms with Gasteiger partial charge in [0.1, 0.15) is 6.33 Å². The first kappa shape index (κ1) is 14.0. The van der Waals surface area contributed by atoms with Gasteiger partial charge in [0, 0.05) is 31.0 Å². The third-order valence-corrected chi connectivity index (χ3v) is 3.57. The molecule has 0 bridgehead atoms. The molecule has 0 saturated heterocycles. The van der Waals surface area contributed by atoms with Gasteiger partial charge in [-0.05, 0) is 19.1 Å². The van der Waals surface area contributed by atoms with Crippen molar-refractivity contribution >= 4 is 11.6 Å². The van der Waals surface area contributed by atoms with Crippen LogP contribution in [0.25, 0.3) is 11.4 Å². The second kappa shape index (κ2) is 5.44. The molecule has 3 aromatic rings. The molecule has 0 atom stereocenters. The van der Waals surface area contributed by atoms with E-state index >= 15 is 0 Å². The molecule has 1 amide bonds. The molecule has 0 unspecified atom stereocenters. The highest BCUT2D eigenvalue weighted by molar-refractivity contribution is 6.05. The summed E-state index contributed by atoms with van der Waals surface area (Å²) in [6, 6.07) is 7.50. The predicted octanol–water partition coefficient (Wildman–Crippen LogP) is 1.78. The van der Waals surface area contributed by atoms with E-state index in [1.54, 1.807) is 24.3 Å². The number of nitrogens with zero attached hydrogens (tertiary/aromatic N) is 5. The SMILES string of the molecule is Cc1c(C(=O)Nc2cccc(-c3nncn3C)c2)cnn1C. The maximum Gasteiger partial charge on any atom is 0.259 e. The lowest BCUT2D eigenvalue weighted by molar-refractivity contribution is 0.102. The van der Waals surface area contributed by atoms with Crippen LogP contribution in [0, 0.1) is 6.92 Å². The Kier molecular flexibility index (Phi) is 3.46. The Balaban J connectivity index is 1.86. The maximum absolute atomic E-state index is 12.3. The van der Waals surface area contributed by atoms with Gasteiger partial charge in [-0.1, -0.05) is 12.1 Å². The van der Waals surface area contributed by atoms with Gasteiger partial charge >= 0.3 is 0 Å². The van der Waals surface area contributed by atoms with Crippen LogP contribution in [0.4, 0.5) is 5.69 Å². The topological polar surface area (TPSA) is 77.6 Å². The van der Waals surface area contributed by atoms with Crippen LogP contribution in [0.3, 0.4) is 0 Å². The summed E-state index contributed by atoms with van der Waals surface area (Å²) in [7, 11) is 3.68. The molecule has 1 aromatic carbocycles. The van der Waals surface area contributed by atoms with Crippen molar-refractivity contribution in [3.05, 3.63) is 48.0 Å². The summed E-state index contributed by atoms with van der Waals surface area (Å²) < 4.78 is 3.50. The number of amides is 1. The molecular weight excluding hydrogens is 280 g/mol. The van der Waals surface area contributed by atoms with Crippen molar-refractivity contribution in [1.29, 1.82) is 0 Å². The van der Waals surface area contributed by atoms with E-state index in [1.807, 2.05) is 42.8 Å². The molecule has 2 heterocycles. The number of aromatic nitrogens is 5. The second-order valence-electron chi connectivity index (χ2n) is 5.07. The third-order valence-electron chi connectivity index (χ3n) is 3.57. The summed E-state index contributed by atoms with van der Waals surface area (Å²) in [6.07, 6.45) is 3.21. The zero-order chi connectivity index (χ0) is 15.7. The molecule has 1 N–H and O–H groups in total. The first-order valence-electron chi connectivity index (χ1n) is 6.80. The molecule has 7 heteroatoms. The van der Waals surface area contributed by atoms with Gasteiger partial charge in [0.25, 0.3) is 5.91 Å². The van der Waals surface area contributed by atoms with Crippen LogP contribution in [0.5, 0.6) is 0 Å². The van der Waals surface area contributed by atoms with E-state index < -0.39 is 0 Å². The summed E-state index contributed by atoms with van der Waals surface area (Å²) in [5.74, 6) is 0.564. The van der Waals surface area contributed by atoms with Gasteiger partial charge in [-0.2, -0.15) is 5.10 Å². The number of anilines is 1.